The molecule has 2 aromatic rings. The summed E-state index contributed by atoms with van der Waals surface area (Å²) in [5, 5.41) is -0.0232. The highest BCUT2D eigenvalue weighted by molar-refractivity contribution is 9.10. The smallest absolute Gasteiger partial charge is 0.119 e. The number of hydrogen-bond donors (Lipinski definition) is 0. The Hall–Kier alpha value is -0.990. The Balaban J connectivity index is 2.05. The van der Waals surface area contributed by atoms with E-state index in [1.165, 1.54) is 5.56 Å². The number of halogens is 2. The predicted molar refractivity (Wildman–Crippen MR) is 84.1 cm³/mol. The molecule has 0 aliphatic rings. The highest BCUT2D eigenvalue weighted by Crippen LogP contribution is 2.27. The Labute approximate surface area is 127 Å². The van der Waals surface area contributed by atoms with Crippen molar-refractivity contribution in [3.8, 4) is 5.75 Å². The lowest BCUT2D eigenvalue weighted by molar-refractivity contribution is 0.340. The molecule has 0 aliphatic carbocycles. The van der Waals surface area contributed by atoms with Crippen LogP contribution < -0.4 is 4.74 Å². The van der Waals surface area contributed by atoms with E-state index in [2.05, 4.69) is 28.1 Å². The first-order valence-electron chi connectivity index (χ1n) is 6.30. The number of alkyl halides is 1. The molecule has 0 heterocycles. The molecule has 0 saturated carbocycles. The highest BCUT2D eigenvalue weighted by Gasteiger charge is 2.09. The Morgan fingerprint density at radius 2 is 1.89 bits per heavy atom. The average Bonchev–Trinajstić information content (AvgIpc) is 2.40. The van der Waals surface area contributed by atoms with Gasteiger partial charge in [-0.2, -0.15) is 0 Å². The zero-order valence-electron chi connectivity index (χ0n) is 10.8. The first-order chi connectivity index (χ1) is 9.19. The van der Waals surface area contributed by atoms with Crippen LogP contribution in [0.3, 0.4) is 0 Å². The van der Waals surface area contributed by atoms with Gasteiger partial charge in [-0.05, 0) is 48.7 Å². The molecule has 0 aliphatic heterocycles. The summed E-state index contributed by atoms with van der Waals surface area (Å²) in [5.41, 5.74) is 2.34. The third-order valence-electron chi connectivity index (χ3n) is 2.86. The maximum Gasteiger partial charge on any atom is 0.119 e. The van der Waals surface area contributed by atoms with E-state index in [4.69, 9.17) is 16.3 Å². The molecule has 0 bridgehead atoms. The minimum Gasteiger partial charge on any atom is -0.494 e. The van der Waals surface area contributed by atoms with Gasteiger partial charge in [0.05, 0.1) is 12.0 Å². The fraction of sp³-hybridized carbons (Fsp3) is 0.250. The number of ether oxygens (including phenoxy) is 1. The van der Waals surface area contributed by atoms with E-state index < -0.39 is 0 Å². The van der Waals surface area contributed by atoms with Crippen molar-refractivity contribution in [2.45, 2.75) is 18.7 Å². The molecule has 1 unspecified atom stereocenters. The van der Waals surface area contributed by atoms with Crippen LogP contribution in [-0.4, -0.2) is 6.61 Å². The van der Waals surface area contributed by atoms with Crippen molar-refractivity contribution in [3.63, 3.8) is 0 Å². The fourth-order valence-corrected chi connectivity index (χ4v) is 2.70. The van der Waals surface area contributed by atoms with E-state index in [9.17, 15) is 0 Å². The van der Waals surface area contributed by atoms with Crippen molar-refractivity contribution in [3.05, 3.63) is 64.1 Å². The summed E-state index contributed by atoms with van der Waals surface area (Å²) in [6, 6.07) is 16.2. The third kappa shape index (κ3) is 4.26. The molecule has 1 atom stereocenters. The highest BCUT2D eigenvalue weighted by atomic mass is 79.9. The fourth-order valence-electron chi connectivity index (χ4n) is 1.93. The van der Waals surface area contributed by atoms with Crippen molar-refractivity contribution < 1.29 is 4.74 Å². The van der Waals surface area contributed by atoms with Gasteiger partial charge in [0.15, 0.2) is 0 Å². The standard InChI is InChI=1S/C16H16BrClO/c1-2-19-15-8-6-13(7-9-15)16(18)11-12-4-3-5-14(17)10-12/h3-10,16H,2,11H2,1H3. The van der Waals surface area contributed by atoms with Crippen LogP contribution in [0.1, 0.15) is 23.4 Å². The van der Waals surface area contributed by atoms with Crippen LogP contribution in [0.4, 0.5) is 0 Å². The van der Waals surface area contributed by atoms with Crippen molar-refractivity contribution in [1.29, 1.82) is 0 Å². The van der Waals surface area contributed by atoms with Crippen LogP contribution in [0.5, 0.6) is 5.75 Å². The van der Waals surface area contributed by atoms with Crippen LogP contribution >= 0.6 is 27.5 Å². The third-order valence-corrected chi connectivity index (χ3v) is 3.76. The molecular weight excluding hydrogens is 324 g/mol. The second-order valence-corrected chi connectivity index (χ2v) is 5.75. The lowest BCUT2D eigenvalue weighted by Gasteiger charge is -2.11. The molecule has 19 heavy (non-hydrogen) atoms. The summed E-state index contributed by atoms with van der Waals surface area (Å²) in [6.45, 7) is 2.66. The lowest BCUT2D eigenvalue weighted by atomic mass is 10.0. The summed E-state index contributed by atoms with van der Waals surface area (Å²) in [5.74, 6) is 0.887. The molecule has 1 nitrogen and oxygen atoms in total. The van der Waals surface area contributed by atoms with E-state index in [0.29, 0.717) is 6.61 Å². The van der Waals surface area contributed by atoms with E-state index in [1.807, 2.05) is 43.3 Å². The van der Waals surface area contributed by atoms with Crippen LogP contribution in [0.25, 0.3) is 0 Å². The number of rotatable bonds is 5. The first-order valence-corrected chi connectivity index (χ1v) is 7.53. The van der Waals surface area contributed by atoms with E-state index >= 15 is 0 Å². The Bertz CT molecular complexity index is 525. The summed E-state index contributed by atoms with van der Waals surface area (Å²) in [4.78, 5) is 0. The van der Waals surface area contributed by atoms with Crippen LogP contribution in [-0.2, 0) is 6.42 Å². The van der Waals surface area contributed by atoms with E-state index in [-0.39, 0.29) is 5.38 Å². The van der Waals surface area contributed by atoms with Crippen molar-refractivity contribution in [2.75, 3.05) is 6.61 Å². The zero-order chi connectivity index (χ0) is 13.7. The molecule has 0 amide bonds. The van der Waals surface area contributed by atoms with Gasteiger partial charge in [-0.25, -0.2) is 0 Å². The SMILES string of the molecule is CCOc1ccc(C(Cl)Cc2cccc(Br)c2)cc1. The normalized spacial score (nSPS) is 12.2. The summed E-state index contributed by atoms with van der Waals surface area (Å²) >= 11 is 9.94. The maximum atomic E-state index is 6.47. The monoisotopic (exact) mass is 338 g/mol. The Kier molecular flexibility index (Phi) is 5.29. The van der Waals surface area contributed by atoms with Crippen LogP contribution in [0, 0.1) is 0 Å². The minimum atomic E-state index is -0.0232. The molecule has 2 rings (SSSR count). The topological polar surface area (TPSA) is 9.23 Å². The molecule has 100 valence electrons. The van der Waals surface area contributed by atoms with Crippen molar-refractivity contribution in [2.24, 2.45) is 0 Å². The Morgan fingerprint density at radius 1 is 1.16 bits per heavy atom. The van der Waals surface area contributed by atoms with E-state index in [1.54, 1.807) is 0 Å². The second-order valence-electron chi connectivity index (χ2n) is 4.30. The quantitative estimate of drug-likeness (QED) is 0.665. The summed E-state index contributed by atoms with van der Waals surface area (Å²) in [7, 11) is 0. The largest absolute Gasteiger partial charge is 0.494 e. The molecular formula is C16H16BrClO. The number of benzene rings is 2. The zero-order valence-corrected chi connectivity index (χ0v) is 13.1. The number of hydrogen-bond acceptors (Lipinski definition) is 1. The molecule has 0 N–H and O–H groups in total. The van der Waals surface area contributed by atoms with Crippen molar-refractivity contribution >= 4 is 27.5 Å². The molecule has 2 aromatic carbocycles. The van der Waals surface area contributed by atoms with Gasteiger partial charge in [-0.15, -0.1) is 11.6 Å². The van der Waals surface area contributed by atoms with E-state index in [0.717, 1.165) is 22.2 Å². The predicted octanol–water partition coefficient (Wildman–Crippen LogP) is 5.37. The van der Waals surface area contributed by atoms with Gasteiger partial charge < -0.3 is 4.74 Å². The molecule has 0 radical (unpaired) electrons. The molecule has 0 spiro atoms. The van der Waals surface area contributed by atoms with Crippen LogP contribution in [0.2, 0.25) is 0 Å². The lowest BCUT2D eigenvalue weighted by Crippen LogP contribution is -1.97. The van der Waals surface area contributed by atoms with Gasteiger partial charge in [0.2, 0.25) is 0 Å². The van der Waals surface area contributed by atoms with Gasteiger partial charge in [0.1, 0.15) is 5.75 Å². The van der Waals surface area contributed by atoms with Gasteiger partial charge in [0, 0.05) is 4.47 Å². The van der Waals surface area contributed by atoms with Crippen molar-refractivity contribution in [1.82, 2.24) is 0 Å². The van der Waals surface area contributed by atoms with Gasteiger partial charge >= 0.3 is 0 Å². The molecule has 0 saturated heterocycles. The van der Waals surface area contributed by atoms with Gasteiger partial charge in [-0.3, -0.25) is 0 Å². The first kappa shape index (κ1) is 14.4. The molecule has 0 aromatic heterocycles. The summed E-state index contributed by atoms with van der Waals surface area (Å²) < 4.78 is 6.51. The molecule has 0 fully saturated rings. The molecule has 3 heteroatoms. The average molecular weight is 340 g/mol. The van der Waals surface area contributed by atoms with Gasteiger partial charge in [0.25, 0.3) is 0 Å². The minimum absolute atomic E-state index is 0.0232. The summed E-state index contributed by atoms with van der Waals surface area (Å²) in [6.07, 6.45) is 0.814. The van der Waals surface area contributed by atoms with Gasteiger partial charge in [-0.1, -0.05) is 40.2 Å². The van der Waals surface area contributed by atoms with Crippen LogP contribution in [0.15, 0.2) is 53.0 Å². The second kappa shape index (κ2) is 6.97. The Morgan fingerprint density at radius 3 is 2.53 bits per heavy atom. The maximum absolute atomic E-state index is 6.47.